The summed E-state index contributed by atoms with van der Waals surface area (Å²) in [5.74, 6) is 0.498. The maximum Gasteiger partial charge on any atom is 0.302 e. The zero-order valence-corrected chi connectivity index (χ0v) is 6.77. The Morgan fingerprint density at radius 1 is 1.25 bits per heavy atom. The first-order valence-corrected chi connectivity index (χ1v) is 4.19. The molecule has 12 heavy (non-hydrogen) atoms. The van der Waals surface area contributed by atoms with Gasteiger partial charge in [-0.1, -0.05) is 18.2 Å². The standard InChI is InChI=1S/C10H10N2/c11-12-10(9-6-7-9)8-4-2-1-3-5-8/h1-5,9H,6-7H2. The van der Waals surface area contributed by atoms with Gasteiger partial charge >= 0.3 is 5.71 Å². The third-order valence-corrected chi connectivity index (χ3v) is 2.14. The van der Waals surface area contributed by atoms with Gasteiger partial charge < -0.3 is 5.53 Å². The number of hydrogen-bond donors (Lipinski definition) is 0. The minimum Gasteiger partial charge on any atom is -0.361 e. The van der Waals surface area contributed by atoms with Crippen LogP contribution in [0.4, 0.5) is 0 Å². The summed E-state index contributed by atoms with van der Waals surface area (Å²) < 4.78 is 0. The van der Waals surface area contributed by atoms with Gasteiger partial charge in [-0.3, -0.25) is 0 Å². The van der Waals surface area contributed by atoms with Crippen LogP contribution >= 0.6 is 0 Å². The molecular weight excluding hydrogens is 148 g/mol. The van der Waals surface area contributed by atoms with E-state index in [2.05, 4.69) is 4.79 Å². The third kappa shape index (κ3) is 1.29. The van der Waals surface area contributed by atoms with Crippen LogP contribution in [0.25, 0.3) is 5.53 Å². The summed E-state index contributed by atoms with van der Waals surface area (Å²) in [6.07, 6.45) is 2.32. The lowest BCUT2D eigenvalue weighted by Crippen LogP contribution is -2.03. The van der Waals surface area contributed by atoms with Crippen LogP contribution in [-0.2, 0) is 0 Å². The van der Waals surface area contributed by atoms with E-state index in [1.54, 1.807) is 0 Å². The average molecular weight is 158 g/mol. The van der Waals surface area contributed by atoms with E-state index in [1.165, 1.54) is 0 Å². The van der Waals surface area contributed by atoms with Crippen LogP contribution in [0.15, 0.2) is 30.3 Å². The Morgan fingerprint density at radius 2 is 1.92 bits per heavy atom. The van der Waals surface area contributed by atoms with Crippen molar-refractivity contribution in [1.82, 2.24) is 0 Å². The third-order valence-electron chi connectivity index (χ3n) is 2.14. The Balaban J connectivity index is 2.34. The quantitative estimate of drug-likeness (QED) is 0.359. The molecule has 1 aliphatic carbocycles. The fraction of sp³-hybridized carbons (Fsp3) is 0.300. The number of rotatable bonds is 2. The molecule has 0 spiro atoms. The van der Waals surface area contributed by atoms with E-state index in [0.29, 0.717) is 5.92 Å². The molecule has 1 aromatic carbocycles. The van der Waals surface area contributed by atoms with E-state index in [1.807, 2.05) is 30.3 Å². The first kappa shape index (κ1) is 7.26. The summed E-state index contributed by atoms with van der Waals surface area (Å²) in [7, 11) is 0. The second kappa shape index (κ2) is 2.92. The molecular formula is C10H10N2. The van der Waals surface area contributed by atoms with Gasteiger partial charge in [0.15, 0.2) is 0 Å². The highest BCUT2D eigenvalue weighted by Gasteiger charge is 2.34. The lowest BCUT2D eigenvalue weighted by Gasteiger charge is -1.91. The van der Waals surface area contributed by atoms with Crippen molar-refractivity contribution < 1.29 is 4.79 Å². The molecule has 0 heterocycles. The highest BCUT2D eigenvalue weighted by Crippen LogP contribution is 2.32. The topological polar surface area (TPSA) is 36.4 Å². The van der Waals surface area contributed by atoms with E-state index >= 15 is 0 Å². The highest BCUT2D eigenvalue weighted by atomic mass is 14.9. The van der Waals surface area contributed by atoms with Crippen molar-refractivity contribution in [2.45, 2.75) is 12.8 Å². The largest absolute Gasteiger partial charge is 0.361 e. The summed E-state index contributed by atoms with van der Waals surface area (Å²) in [4.78, 5) is 3.34. The van der Waals surface area contributed by atoms with Crippen molar-refractivity contribution in [2.24, 2.45) is 5.92 Å². The fourth-order valence-electron chi connectivity index (χ4n) is 1.34. The molecule has 60 valence electrons. The smallest absolute Gasteiger partial charge is 0.302 e. The van der Waals surface area contributed by atoms with Crippen molar-refractivity contribution in [3.05, 3.63) is 41.4 Å². The van der Waals surface area contributed by atoms with Crippen molar-refractivity contribution in [3.8, 4) is 0 Å². The van der Waals surface area contributed by atoms with Crippen LogP contribution in [0, 0.1) is 5.92 Å². The van der Waals surface area contributed by atoms with Gasteiger partial charge in [0.2, 0.25) is 0 Å². The van der Waals surface area contributed by atoms with Crippen LogP contribution in [-0.4, -0.2) is 10.5 Å². The van der Waals surface area contributed by atoms with Gasteiger partial charge in [-0.05, 0) is 25.0 Å². The van der Waals surface area contributed by atoms with E-state index in [9.17, 15) is 0 Å². The maximum absolute atomic E-state index is 8.78. The van der Waals surface area contributed by atoms with Crippen LogP contribution in [0.3, 0.4) is 0 Å². The van der Waals surface area contributed by atoms with Crippen molar-refractivity contribution in [2.75, 3.05) is 0 Å². The molecule has 0 amide bonds. The molecule has 1 aromatic rings. The van der Waals surface area contributed by atoms with Gasteiger partial charge in [-0.2, -0.15) is 4.79 Å². The maximum atomic E-state index is 8.78. The van der Waals surface area contributed by atoms with E-state index in [0.717, 1.165) is 24.1 Å². The molecule has 1 saturated carbocycles. The monoisotopic (exact) mass is 158 g/mol. The van der Waals surface area contributed by atoms with Gasteiger partial charge in [-0.15, -0.1) is 0 Å². The lowest BCUT2D eigenvalue weighted by molar-refractivity contribution is -0.00815. The van der Waals surface area contributed by atoms with Gasteiger partial charge in [0.25, 0.3) is 0 Å². The zero-order chi connectivity index (χ0) is 8.39. The second-order valence-corrected chi connectivity index (χ2v) is 3.13. The highest BCUT2D eigenvalue weighted by molar-refractivity contribution is 5.99. The molecule has 0 saturated heterocycles. The Morgan fingerprint density at radius 3 is 2.42 bits per heavy atom. The van der Waals surface area contributed by atoms with Crippen molar-refractivity contribution in [3.63, 3.8) is 0 Å². The van der Waals surface area contributed by atoms with Crippen LogP contribution in [0.2, 0.25) is 0 Å². The molecule has 0 radical (unpaired) electrons. The van der Waals surface area contributed by atoms with Crippen LogP contribution < -0.4 is 0 Å². The molecule has 0 aromatic heterocycles. The van der Waals surface area contributed by atoms with E-state index in [4.69, 9.17) is 5.53 Å². The van der Waals surface area contributed by atoms with Crippen LogP contribution in [0.5, 0.6) is 0 Å². The van der Waals surface area contributed by atoms with E-state index < -0.39 is 0 Å². The normalized spacial score (nSPS) is 15.3. The second-order valence-electron chi connectivity index (χ2n) is 3.13. The summed E-state index contributed by atoms with van der Waals surface area (Å²) in [5, 5.41) is 0. The molecule has 2 rings (SSSR count). The summed E-state index contributed by atoms with van der Waals surface area (Å²) in [5.41, 5.74) is 10.7. The first-order valence-electron chi connectivity index (χ1n) is 4.19. The molecule has 0 unspecified atom stereocenters. The zero-order valence-electron chi connectivity index (χ0n) is 6.77. The average Bonchev–Trinajstić information content (AvgIpc) is 2.92. The summed E-state index contributed by atoms with van der Waals surface area (Å²) in [6.45, 7) is 0. The lowest BCUT2D eigenvalue weighted by atomic mass is 10.1. The first-order chi connectivity index (χ1) is 5.92. The van der Waals surface area contributed by atoms with Gasteiger partial charge in [-0.25, -0.2) is 0 Å². The SMILES string of the molecule is [N-]=[N+]=C(c1ccccc1)C1CC1. The minimum atomic E-state index is 0.498. The number of hydrogen-bond acceptors (Lipinski definition) is 0. The molecule has 0 bridgehead atoms. The molecule has 0 N–H and O–H groups in total. The Hall–Kier alpha value is -1.40. The molecule has 1 aliphatic rings. The molecule has 1 fully saturated rings. The fourth-order valence-corrected chi connectivity index (χ4v) is 1.34. The molecule has 2 nitrogen and oxygen atoms in total. The Labute approximate surface area is 71.5 Å². The van der Waals surface area contributed by atoms with Gasteiger partial charge in [0.1, 0.15) is 0 Å². The summed E-state index contributed by atoms with van der Waals surface area (Å²) >= 11 is 0. The predicted molar refractivity (Wildman–Crippen MR) is 46.9 cm³/mol. The molecule has 0 atom stereocenters. The molecule has 2 heteroatoms. The predicted octanol–water partition coefficient (Wildman–Crippen LogP) is 2.12. The number of nitrogens with zero attached hydrogens (tertiary/aromatic N) is 2. The summed E-state index contributed by atoms with van der Waals surface area (Å²) in [6, 6.07) is 9.85. The number of benzene rings is 1. The molecule has 0 aliphatic heterocycles. The van der Waals surface area contributed by atoms with Crippen molar-refractivity contribution >= 4 is 5.71 Å². The van der Waals surface area contributed by atoms with E-state index in [-0.39, 0.29) is 0 Å². The van der Waals surface area contributed by atoms with Crippen LogP contribution in [0.1, 0.15) is 18.4 Å². The minimum absolute atomic E-state index is 0.498. The van der Waals surface area contributed by atoms with Crippen molar-refractivity contribution in [1.29, 1.82) is 0 Å². The van der Waals surface area contributed by atoms with Gasteiger partial charge in [0.05, 0.1) is 11.5 Å². The Kier molecular flexibility index (Phi) is 1.77. The Bertz CT molecular complexity index is 319. The van der Waals surface area contributed by atoms with Gasteiger partial charge in [0, 0.05) is 0 Å².